The third-order valence-corrected chi connectivity index (χ3v) is 3.74. The normalized spacial score (nSPS) is 22.3. The van der Waals surface area contributed by atoms with E-state index in [0.29, 0.717) is 6.04 Å². The molecule has 0 amide bonds. The number of anilines is 1. The van der Waals surface area contributed by atoms with Crippen molar-refractivity contribution in [2.24, 2.45) is 0 Å². The van der Waals surface area contributed by atoms with E-state index in [1.54, 1.807) is 0 Å². The molecule has 1 aromatic rings. The van der Waals surface area contributed by atoms with Gasteiger partial charge in [-0.15, -0.1) is 0 Å². The van der Waals surface area contributed by atoms with Gasteiger partial charge in [0.15, 0.2) is 0 Å². The molecule has 3 nitrogen and oxygen atoms in total. The number of nitrogens with one attached hydrogen (secondary N) is 2. The molecule has 2 rings (SSSR count). The van der Waals surface area contributed by atoms with E-state index in [1.165, 1.54) is 5.56 Å². The molecule has 1 aliphatic heterocycles. The van der Waals surface area contributed by atoms with Gasteiger partial charge in [0.2, 0.25) is 0 Å². The molecule has 0 unspecified atom stereocenters. The Kier molecular flexibility index (Phi) is 3.88. The smallest absolute Gasteiger partial charge is 0.0317 e. The van der Waals surface area contributed by atoms with E-state index in [2.05, 4.69) is 44.4 Å². The van der Waals surface area contributed by atoms with Gasteiger partial charge in [0, 0.05) is 29.4 Å². The van der Waals surface area contributed by atoms with Crippen molar-refractivity contribution in [2.45, 2.75) is 64.2 Å². The highest BCUT2D eigenvalue weighted by molar-refractivity contribution is 5.40. The van der Waals surface area contributed by atoms with Gasteiger partial charge in [0.05, 0.1) is 0 Å². The SMILES string of the molecule is CC1(C)CC(NCc2cccc(N)c2)CC(C)(C)N1. The third kappa shape index (κ3) is 4.22. The molecule has 106 valence electrons. The van der Waals surface area contributed by atoms with Crippen LogP contribution in [0.15, 0.2) is 24.3 Å². The predicted molar refractivity (Wildman–Crippen MR) is 82.0 cm³/mol. The molecule has 0 aromatic heterocycles. The molecule has 0 bridgehead atoms. The van der Waals surface area contributed by atoms with Gasteiger partial charge in [0.1, 0.15) is 0 Å². The minimum absolute atomic E-state index is 0.190. The molecule has 19 heavy (non-hydrogen) atoms. The van der Waals surface area contributed by atoms with Crippen LogP contribution in [0.2, 0.25) is 0 Å². The van der Waals surface area contributed by atoms with E-state index < -0.39 is 0 Å². The van der Waals surface area contributed by atoms with Gasteiger partial charge in [-0.25, -0.2) is 0 Å². The molecule has 0 saturated carbocycles. The fourth-order valence-electron chi connectivity index (χ4n) is 3.43. The monoisotopic (exact) mass is 261 g/mol. The van der Waals surface area contributed by atoms with Crippen molar-refractivity contribution in [3.63, 3.8) is 0 Å². The second-order valence-electron chi connectivity index (χ2n) is 7.12. The zero-order valence-corrected chi connectivity index (χ0v) is 12.6. The summed E-state index contributed by atoms with van der Waals surface area (Å²) in [5.41, 5.74) is 8.29. The first-order chi connectivity index (χ1) is 8.76. The highest BCUT2D eigenvalue weighted by Crippen LogP contribution is 2.28. The van der Waals surface area contributed by atoms with Gasteiger partial charge in [-0.3, -0.25) is 0 Å². The largest absolute Gasteiger partial charge is 0.399 e. The molecule has 1 aliphatic rings. The van der Waals surface area contributed by atoms with Crippen LogP contribution in [-0.4, -0.2) is 17.1 Å². The molecule has 1 aromatic carbocycles. The van der Waals surface area contributed by atoms with Crippen molar-refractivity contribution in [1.82, 2.24) is 10.6 Å². The minimum Gasteiger partial charge on any atom is -0.399 e. The summed E-state index contributed by atoms with van der Waals surface area (Å²) in [6.07, 6.45) is 2.30. The first-order valence-electron chi connectivity index (χ1n) is 7.13. The average Bonchev–Trinajstić information content (AvgIpc) is 2.22. The lowest BCUT2D eigenvalue weighted by molar-refractivity contribution is 0.145. The van der Waals surface area contributed by atoms with Gasteiger partial charge >= 0.3 is 0 Å². The quantitative estimate of drug-likeness (QED) is 0.733. The number of nitrogens with two attached hydrogens (primary N) is 1. The second kappa shape index (κ2) is 5.14. The molecule has 0 atom stereocenters. The Labute approximate surface area is 117 Å². The summed E-state index contributed by atoms with van der Waals surface area (Å²) in [5.74, 6) is 0. The molecule has 0 spiro atoms. The maximum atomic E-state index is 5.82. The lowest BCUT2D eigenvalue weighted by Crippen LogP contribution is -2.61. The molecule has 1 saturated heterocycles. The number of benzene rings is 1. The summed E-state index contributed by atoms with van der Waals surface area (Å²) in [6.45, 7) is 10.0. The van der Waals surface area contributed by atoms with Crippen LogP contribution in [0.3, 0.4) is 0 Å². The van der Waals surface area contributed by atoms with E-state index in [4.69, 9.17) is 5.73 Å². The van der Waals surface area contributed by atoms with E-state index in [0.717, 1.165) is 25.1 Å². The average molecular weight is 261 g/mol. The summed E-state index contributed by atoms with van der Waals surface area (Å²) in [7, 11) is 0. The van der Waals surface area contributed by atoms with Crippen LogP contribution >= 0.6 is 0 Å². The first kappa shape index (κ1) is 14.4. The zero-order valence-electron chi connectivity index (χ0n) is 12.6. The number of nitrogen functional groups attached to an aromatic ring is 1. The number of hydrogen-bond donors (Lipinski definition) is 3. The highest BCUT2D eigenvalue weighted by Gasteiger charge is 2.37. The summed E-state index contributed by atoms with van der Waals surface area (Å²) >= 11 is 0. The summed E-state index contributed by atoms with van der Waals surface area (Å²) in [4.78, 5) is 0. The van der Waals surface area contributed by atoms with Crippen LogP contribution < -0.4 is 16.4 Å². The van der Waals surface area contributed by atoms with Gasteiger partial charge in [-0.05, 0) is 58.2 Å². The Hall–Kier alpha value is -1.06. The van der Waals surface area contributed by atoms with Crippen LogP contribution in [0, 0.1) is 0 Å². The van der Waals surface area contributed by atoms with Gasteiger partial charge in [-0.2, -0.15) is 0 Å². The Bertz CT molecular complexity index is 421. The summed E-state index contributed by atoms with van der Waals surface area (Å²) < 4.78 is 0. The first-order valence-corrected chi connectivity index (χ1v) is 7.13. The number of piperidine rings is 1. The van der Waals surface area contributed by atoms with Crippen LogP contribution in [0.4, 0.5) is 5.69 Å². The summed E-state index contributed by atoms with van der Waals surface area (Å²) in [5, 5.41) is 7.39. The highest BCUT2D eigenvalue weighted by atomic mass is 15.1. The number of hydrogen-bond acceptors (Lipinski definition) is 3. The third-order valence-electron chi connectivity index (χ3n) is 3.74. The van der Waals surface area contributed by atoms with E-state index in [-0.39, 0.29) is 11.1 Å². The van der Waals surface area contributed by atoms with Crippen LogP contribution in [0.1, 0.15) is 46.1 Å². The van der Waals surface area contributed by atoms with E-state index in [1.807, 2.05) is 18.2 Å². The Balaban J connectivity index is 1.96. The Morgan fingerprint density at radius 1 is 1.21 bits per heavy atom. The van der Waals surface area contributed by atoms with Gasteiger partial charge in [0.25, 0.3) is 0 Å². The van der Waals surface area contributed by atoms with Crippen molar-refractivity contribution >= 4 is 5.69 Å². The minimum atomic E-state index is 0.190. The Morgan fingerprint density at radius 2 is 1.84 bits per heavy atom. The lowest BCUT2D eigenvalue weighted by atomic mass is 9.79. The molecule has 1 fully saturated rings. The second-order valence-corrected chi connectivity index (χ2v) is 7.12. The maximum Gasteiger partial charge on any atom is 0.0317 e. The van der Waals surface area contributed by atoms with Crippen LogP contribution in [-0.2, 0) is 6.54 Å². The maximum absolute atomic E-state index is 5.82. The molecule has 4 N–H and O–H groups in total. The van der Waals surface area contributed by atoms with Crippen molar-refractivity contribution in [1.29, 1.82) is 0 Å². The molecule has 1 heterocycles. The fourth-order valence-corrected chi connectivity index (χ4v) is 3.43. The van der Waals surface area contributed by atoms with Crippen molar-refractivity contribution in [2.75, 3.05) is 5.73 Å². The van der Waals surface area contributed by atoms with Crippen molar-refractivity contribution in [3.05, 3.63) is 29.8 Å². The van der Waals surface area contributed by atoms with Crippen molar-refractivity contribution < 1.29 is 0 Å². The Morgan fingerprint density at radius 3 is 2.42 bits per heavy atom. The number of rotatable bonds is 3. The fraction of sp³-hybridized carbons (Fsp3) is 0.625. The zero-order chi connectivity index (χ0) is 14.1. The molecular weight excluding hydrogens is 234 g/mol. The van der Waals surface area contributed by atoms with E-state index >= 15 is 0 Å². The summed E-state index contributed by atoms with van der Waals surface area (Å²) in [6, 6.07) is 8.67. The topological polar surface area (TPSA) is 50.1 Å². The molecule has 0 aliphatic carbocycles. The van der Waals surface area contributed by atoms with Crippen LogP contribution in [0.25, 0.3) is 0 Å². The molecule has 0 radical (unpaired) electrons. The molecule has 3 heteroatoms. The lowest BCUT2D eigenvalue weighted by Gasteiger charge is -2.46. The van der Waals surface area contributed by atoms with Crippen LogP contribution in [0.5, 0.6) is 0 Å². The standard InChI is InChI=1S/C16H27N3/c1-15(2)9-14(10-16(3,4)19-15)18-11-12-6-5-7-13(17)8-12/h5-8,14,18-19H,9-11,17H2,1-4H3. The van der Waals surface area contributed by atoms with E-state index in [9.17, 15) is 0 Å². The predicted octanol–water partition coefficient (Wildman–Crippen LogP) is 2.67. The van der Waals surface area contributed by atoms with Gasteiger partial charge < -0.3 is 16.4 Å². The van der Waals surface area contributed by atoms with Crippen molar-refractivity contribution in [3.8, 4) is 0 Å². The van der Waals surface area contributed by atoms with Gasteiger partial charge in [-0.1, -0.05) is 12.1 Å². The molecular formula is C16H27N3.